The predicted octanol–water partition coefficient (Wildman–Crippen LogP) is 0.647. The third-order valence-corrected chi connectivity index (χ3v) is 3.50. The number of nitrogens with zero attached hydrogens (tertiary/aromatic N) is 4. The zero-order valence-corrected chi connectivity index (χ0v) is 11.3. The highest BCUT2D eigenvalue weighted by molar-refractivity contribution is 5.83. The number of carbonyl (C=O) groups excluding carboxylic acids is 1. The number of aryl methyl sites for hydroxylation is 1. The lowest BCUT2D eigenvalue weighted by atomic mass is 10.0. The summed E-state index contributed by atoms with van der Waals surface area (Å²) in [5.41, 5.74) is 0. The molecule has 1 atom stereocenters. The standard InChI is InChI=1S/C12H16N4O5/c17-11(15-5-2-1-3-9(15)12(18)19)4-6-14-7-10(13-8-14)16(20)21/h7-9H,1-6H2,(H,18,19)/t9-/m1/s1. The number of aromatic nitrogens is 2. The molecule has 1 aliphatic heterocycles. The summed E-state index contributed by atoms with van der Waals surface area (Å²) in [4.78, 5) is 38.1. The summed E-state index contributed by atoms with van der Waals surface area (Å²) in [5.74, 6) is -1.51. The van der Waals surface area contributed by atoms with Gasteiger partial charge in [-0.1, -0.05) is 0 Å². The SMILES string of the molecule is O=C(O)[C@H]1CCCCN1C(=O)CCn1cnc([N+](=O)[O-])c1. The summed E-state index contributed by atoms with van der Waals surface area (Å²) in [6.07, 6.45) is 4.70. The fourth-order valence-electron chi connectivity index (χ4n) is 2.42. The Balaban J connectivity index is 1.93. The van der Waals surface area contributed by atoms with Crippen molar-refractivity contribution in [1.82, 2.24) is 14.5 Å². The summed E-state index contributed by atoms with van der Waals surface area (Å²) >= 11 is 0. The topological polar surface area (TPSA) is 119 Å². The first-order valence-corrected chi connectivity index (χ1v) is 6.67. The predicted molar refractivity (Wildman–Crippen MR) is 70.5 cm³/mol. The molecule has 1 saturated heterocycles. The van der Waals surface area contributed by atoms with E-state index in [0.29, 0.717) is 13.0 Å². The largest absolute Gasteiger partial charge is 0.480 e. The Morgan fingerprint density at radius 2 is 2.24 bits per heavy atom. The van der Waals surface area contributed by atoms with Crippen LogP contribution in [0.1, 0.15) is 25.7 Å². The molecule has 2 heterocycles. The number of hydrogen-bond acceptors (Lipinski definition) is 5. The van der Waals surface area contributed by atoms with Crippen LogP contribution in [0.2, 0.25) is 0 Å². The third kappa shape index (κ3) is 3.56. The summed E-state index contributed by atoms with van der Waals surface area (Å²) in [6.45, 7) is 0.683. The van der Waals surface area contributed by atoms with Crippen LogP contribution in [0, 0.1) is 10.1 Å². The van der Waals surface area contributed by atoms with Crippen LogP contribution in [-0.4, -0.2) is 48.9 Å². The molecule has 9 nitrogen and oxygen atoms in total. The van der Waals surface area contributed by atoms with Crippen molar-refractivity contribution in [2.45, 2.75) is 38.3 Å². The fraction of sp³-hybridized carbons (Fsp3) is 0.583. The van der Waals surface area contributed by atoms with E-state index in [9.17, 15) is 19.7 Å². The number of carbonyl (C=O) groups is 2. The molecule has 21 heavy (non-hydrogen) atoms. The average molecular weight is 296 g/mol. The number of piperidine rings is 1. The molecule has 2 rings (SSSR count). The second-order valence-corrected chi connectivity index (χ2v) is 4.91. The maximum atomic E-state index is 12.1. The average Bonchev–Trinajstić information content (AvgIpc) is 2.94. The molecule has 1 aromatic rings. The van der Waals surface area contributed by atoms with Gasteiger partial charge in [0, 0.05) is 19.5 Å². The zero-order valence-electron chi connectivity index (χ0n) is 11.3. The third-order valence-electron chi connectivity index (χ3n) is 3.50. The van der Waals surface area contributed by atoms with E-state index in [0.717, 1.165) is 12.8 Å². The molecule has 0 unspecified atom stereocenters. The number of aliphatic carboxylic acids is 1. The van der Waals surface area contributed by atoms with Gasteiger partial charge in [0.2, 0.25) is 12.2 Å². The van der Waals surface area contributed by atoms with E-state index in [4.69, 9.17) is 5.11 Å². The van der Waals surface area contributed by atoms with Gasteiger partial charge in [0.1, 0.15) is 12.2 Å². The lowest BCUT2D eigenvalue weighted by Gasteiger charge is -2.33. The fourth-order valence-corrected chi connectivity index (χ4v) is 2.42. The Labute approximate surface area is 120 Å². The minimum Gasteiger partial charge on any atom is -0.480 e. The van der Waals surface area contributed by atoms with Crippen molar-refractivity contribution in [1.29, 1.82) is 0 Å². The maximum absolute atomic E-state index is 12.1. The Hall–Kier alpha value is -2.45. The number of carboxylic acids is 1. The molecule has 1 aromatic heterocycles. The first-order valence-electron chi connectivity index (χ1n) is 6.67. The summed E-state index contributed by atoms with van der Waals surface area (Å²) in [6, 6.07) is -0.761. The van der Waals surface area contributed by atoms with Crippen molar-refractivity contribution in [3.05, 3.63) is 22.6 Å². The molecule has 1 N–H and O–H groups in total. The minimum absolute atomic E-state index is 0.0945. The highest BCUT2D eigenvalue weighted by atomic mass is 16.6. The molecule has 1 fully saturated rings. The van der Waals surface area contributed by atoms with Crippen molar-refractivity contribution in [2.24, 2.45) is 0 Å². The monoisotopic (exact) mass is 296 g/mol. The van der Waals surface area contributed by atoms with Gasteiger partial charge in [-0.2, -0.15) is 0 Å². The molecule has 114 valence electrons. The molecular formula is C12H16N4O5. The van der Waals surface area contributed by atoms with E-state index >= 15 is 0 Å². The van der Waals surface area contributed by atoms with Crippen molar-refractivity contribution in [3.8, 4) is 0 Å². The lowest BCUT2D eigenvalue weighted by molar-refractivity contribution is -0.389. The van der Waals surface area contributed by atoms with Crippen LogP contribution in [-0.2, 0) is 16.1 Å². The van der Waals surface area contributed by atoms with Gasteiger partial charge in [0.15, 0.2) is 0 Å². The lowest BCUT2D eigenvalue weighted by Crippen LogP contribution is -2.48. The van der Waals surface area contributed by atoms with E-state index in [-0.39, 0.29) is 24.7 Å². The highest BCUT2D eigenvalue weighted by Gasteiger charge is 2.31. The summed E-state index contributed by atoms with van der Waals surface area (Å²) in [5, 5.41) is 19.6. The molecule has 0 bridgehead atoms. The molecule has 1 aliphatic rings. The van der Waals surface area contributed by atoms with Crippen LogP contribution in [0.5, 0.6) is 0 Å². The van der Waals surface area contributed by atoms with E-state index in [2.05, 4.69) is 4.98 Å². The Morgan fingerprint density at radius 3 is 2.86 bits per heavy atom. The molecule has 0 aromatic carbocycles. The van der Waals surface area contributed by atoms with E-state index in [1.54, 1.807) is 0 Å². The van der Waals surface area contributed by atoms with Gasteiger partial charge in [-0.3, -0.25) is 4.79 Å². The van der Waals surface area contributed by atoms with Gasteiger partial charge < -0.3 is 24.7 Å². The smallest absolute Gasteiger partial charge is 0.381 e. The first-order chi connectivity index (χ1) is 9.99. The second kappa shape index (κ2) is 6.33. The Morgan fingerprint density at radius 1 is 1.48 bits per heavy atom. The van der Waals surface area contributed by atoms with Crippen molar-refractivity contribution < 1.29 is 19.6 Å². The number of likely N-dealkylation sites (tertiary alicyclic amines) is 1. The minimum atomic E-state index is -0.985. The van der Waals surface area contributed by atoms with Crippen LogP contribution < -0.4 is 0 Å². The van der Waals surface area contributed by atoms with Crippen LogP contribution in [0.15, 0.2) is 12.5 Å². The van der Waals surface area contributed by atoms with Gasteiger partial charge >= 0.3 is 11.8 Å². The number of hydrogen-bond donors (Lipinski definition) is 1. The van der Waals surface area contributed by atoms with Crippen LogP contribution in [0.3, 0.4) is 0 Å². The number of carboxylic acid groups (broad SMARTS) is 1. The first kappa shape index (κ1) is 14.9. The van der Waals surface area contributed by atoms with Gasteiger partial charge in [-0.15, -0.1) is 0 Å². The van der Waals surface area contributed by atoms with Crippen molar-refractivity contribution in [2.75, 3.05) is 6.54 Å². The van der Waals surface area contributed by atoms with Crippen molar-refractivity contribution >= 4 is 17.7 Å². The number of nitro groups is 1. The van der Waals surface area contributed by atoms with Gasteiger partial charge in [-0.05, 0) is 29.2 Å². The van der Waals surface area contributed by atoms with E-state index < -0.39 is 16.9 Å². The second-order valence-electron chi connectivity index (χ2n) is 4.91. The van der Waals surface area contributed by atoms with Gasteiger partial charge in [0.05, 0.1) is 0 Å². The molecule has 0 radical (unpaired) electrons. The number of imidazole rings is 1. The summed E-state index contributed by atoms with van der Waals surface area (Å²) in [7, 11) is 0. The normalized spacial score (nSPS) is 18.5. The summed E-state index contributed by atoms with van der Waals surface area (Å²) < 4.78 is 1.45. The van der Waals surface area contributed by atoms with E-state index in [1.165, 1.54) is 22.0 Å². The zero-order chi connectivity index (χ0) is 15.4. The molecule has 0 spiro atoms. The van der Waals surface area contributed by atoms with E-state index in [1.807, 2.05) is 0 Å². The van der Waals surface area contributed by atoms with Gasteiger partial charge in [0.25, 0.3) is 0 Å². The quantitative estimate of drug-likeness (QED) is 0.629. The molecular weight excluding hydrogens is 280 g/mol. The molecule has 0 aliphatic carbocycles. The highest BCUT2D eigenvalue weighted by Crippen LogP contribution is 2.18. The van der Waals surface area contributed by atoms with Crippen molar-refractivity contribution in [3.63, 3.8) is 0 Å². The number of rotatable bonds is 5. The van der Waals surface area contributed by atoms with Crippen LogP contribution >= 0.6 is 0 Å². The Kier molecular flexibility index (Phi) is 4.51. The molecule has 1 amide bonds. The number of amides is 1. The molecule has 9 heteroatoms. The van der Waals surface area contributed by atoms with Crippen LogP contribution in [0.25, 0.3) is 0 Å². The van der Waals surface area contributed by atoms with Crippen LogP contribution in [0.4, 0.5) is 5.82 Å². The Bertz CT molecular complexity index is 556. The van der Waals surface area contributed by atoms with Gasteiger partial charge in [-0.25, -0.2) is 4.79 Å². The molecule has 0 saturated carbocycles. The maximum Gasteiger partial charge on any atom is 0.381 e.